The first kappa shape index (κ1) is 21.1. The minimum Gasteiger partial charge on any atom is -0.491 e. The molecular weight excluding hydrogens is 404 g/mol. The molecule has 7 heteroatoms. The molecular formula is C25H32N4O3. The molecule has 1 atom stereocenters. The second-order valence-corrected chi connectivity index (χ2v) is 8.85. The third-order valence-electron chi connectivity index (χ3n) is 6.68. The zero-order valence-corrected chi connectivity index (χ0v) is 18.8. The zero-order valence-electron chi connectivity index (χ0n) is 18.8. The van der Waals surface area contributed by atoms with Gasteiger partial charge in [0, 0.05) is 62.6 Å². The highest BCUT2D eigenvalue weighted by Crippen LogP contribution is 2.34. The second-order valence-electron chi connectivity index (χ2n) is 8.85. The average molecular weight is 437 g/mol. The van der Waals surface area contributed by atoms with E-state index in [-0.39, 0.29) is 11.9 Å². The summed E-state index contributed by atoms with van der Waals surface area (Å²) in [7, 11) is 2.17. The maximum absolute atomic E-state index is 13.3. The van der Waals surface area contributed by atoms with Crippen LogP contribution in [-0.4, -0.2) is 83.0 Å². The summed E-state index contributed by atoms with van der Waals surface area (Å²) in [6.07, 6.45) is 0.781. The number of hydrogen-bond acceptors (Lipinski definition) is 6. The molecule has 2 fully saturated rings. The van der Waals surface area contributed by atoms with Gasteiger partial charge in [0.25, 0.3) is 5.91 Å². The van der Waals surface area contributed by atoms with E-state index in [9.17, 15) is 4.79 Å². The summed E-state index contributed by atoms with van der Waals surface area (Å²) in [6.45, 7) is 7.62. The number of nitrogens with one attached hydrogen (secondary N) is 1. The van der Waals surface area contributed by atoms with E-state index in [0.29, 0.717) is 25.4 Å². The van der Waals surface area contributed by atoms with Crippen molar-refractivity contribution < 1.29 is 14.3 Å². The maximum atomic E-state index is 13.3. The molecule has 3 heterocycles. The third-order valence-corrected chi connectivity index (χ3v) is 6.68. The van der Waals surface area contributed by atoms with Gasteiger partial charge in [-0.3, -0.25) is 4.79 Å². The topological polar surface area (TPSA) is 57.3 Å². The largest absolute Gasteiger partial charge is 0.491 e. The van der Waals surface area contributed by atoms with Crippen molar-refractivity contribution in [2.24, 2.45) is 0 Å². The van der Waals surface area contributed by atoms with E-state index in [4.69, 9.17) is 9.47 Å². The Kier molecular flexibility index (Phi) is 6.19. The van der Waals surface area contributed by atoms with Gasteiger partial charge in [-0.1, -0.05) is 18.2 Å². The number of amides is 1. The van der Waals surface area contributed by atoms with E-state index in [1.807, 2.05) is 30.3 Å². The fourth-order valence-electron chi connectivity index (χ4n) is 4.84. The van der Waals surface area contributed by atoms with Gasteiger partial charge in [0.15, 0.2) is 0 Å². The van der Waals surface area contributed by atoms with Crippen LogP contribution in [0, 0.1) is 0 Å². The van der Waals surface area contributed by atoms with E-state index in [1.54, 1.807) is 0 Å². The average Bonchev–Trinajstić information content (AvgIpc) is 2.85. The molecule has 1 unspecified atom stereocenters. The summed E-state index contributed by atoms with van der Waals surface area (Å²) in [6, 6.07) is 14.1. The van der Waals surface area contributed by atoms with Crippen LogP contribution in [-0.2, 0) is 11.2 Å². The summed E-state index contributed by atoms with van der Waals surface area (Å²) in [4.78, 5) is 20.3. The van der Waals surface area contributed by atoms with Gasteiger partial charge in [-0.25, -0.2) is 0 Å². The van der Waals surface area contributed by atoms with Gasteiger partial charge >= 0.3 is 0 Å². The minimum atomic E-state index is -0.0543. The quantitative estimate of drug-likeness (QED) is 0.792. The first-order chi connectivity index (χ1) is 15.7. The standard InChI is InChI=1S/C25H32N4O3/c1-27-9-11-28(12-10-27)23-7-4-8-24-21(23)17-19(18-32-24)26-25(30)20-5-2-3-6-22(20)29-13-15-31-16-14-29/h2-8,19H,9-18H2,1H3,(H,26,30). The number of carbonyl (C=O) groups excluding carboxylic acids is 1. The first-order valence-corrected chi connectivity index (χ1v) is 11.6. The fourth-order valence-corrected chi connectivity index (χ4v) is 4.84. The molecule has 32 heavy (non-hydrogen) atoms. The number of hydrogen-bond donors (Lipinski definition) is 1. The fraction of sp³-hybridized carbons (Fsp3) is 0.480. The smallest absolute Gasteiger partial charge is 0.253 e. The van der Waals surface area contributed by atoms with Crippen LogP contribution >= 0.6 is 0 Å². The lowest BCUT2D eigenvalue weighted by Crippen LogP contribution is -2.46. The van der Waals surface area contributed by atoms with Crippen LogP contribution in [0.1, 0.15) is 15.9 Å². The van der Waals surface area contributed by atoms with E-state index < -0.39 is 0 Å². The summed E-state index contributed by atoms with van der Waals surface area (Å²) < 4.78 is 11.6. The molecule has 0 aliphatic carbocycles. The van der Waals surface area contributed by atoms with E-state index in [2.05, 4.69) is 39.2 Å². The number of nitrogens with zero attached hydrogens (tertiary/aromatic N) is 3. The highest BCUT2D eigenvalue weighted by atomic mass is 16.5. The molecule has 0 radical (unpaired) electrons. The van der Waals surface area contributed by atoms with Gasteiger partial charge in [-0.2, -0.15) is 0 Å². The predicted octanol–water partition coefficient (Wildman–Crippen LogP) is 2.01. The number of rotatable bonds is 4. The number of carbonyl (C=O) groups is 1. The van der Waals surface area contributed by atoms with Crippen molar-refractivity contribution in [2.45, 2.75) is 12.5 Å². The van der Waals surface area contributed by atoms with Crippen LogP contribution < -0.4 is 19.9 Å². The molecule has 3 aliphatic rings. The molecule has 0 bridgehead atoms. The van der Waals surface area contributed by atoms with Crippen molar-refractivity contribution in [2.75, 3.05) is 75.9 Å². The SMILES string of the molecule is CN1CCN(c2cccc3c2CC(NC(=O)c2ccccc2N2CCOCC2)CO3)CC1. The number of piperazine rings is 1. The predicted molar refractivity (Wildman–Crippen MR) is 126 cm³/mol. The Morgan fingerprint density at radius 2 is 1.62 bits per heavy atom. The van der Waals surface area contributed by atoms with Gasteiger partial charge in [-0.15, -0.1) is 0 Å². The van der Waals surface area contributed by atoms with Crippen molar-refractivity contribution in [1.82, 2.24) is 10.2 Å². The number of para-hydroxylation sites is 1. The van der Waals surface area contributed by atoms with Crippen molar-refractivity contribution >= 4 is 17.3 Å². The summed E-state index contributed by atoms with van der Waals surface area (Å²) in [5.41, 5.74) is 4.13. The van der Waals surface area contributed by atoms with Gasteiger partial charge in [0.05, 0.1) is 24.8 Å². The highest BCUT2D eigenvalue weighted by Gasteiger charge is 2.28. The minimum absolute atomic E-state index is 0.0405. The molecule has 7 nitrogen and oxygen atoms in total. The van der Waals surface area contributed by atoms with Crippen molar-refractivity contribution in [1.29, 1.82) is 0 Å². The maximum Gasteiger partial charge on any atom is 0.253 e. The number of ether oxygens (including phenoxy) is 2. The number of morpholine rings is 1. The van der Waals surface area contributed by atoms with E-state index in [0.717, 1.165) is 57.1 Å². The second kappa shape index (κ2) is 9.38. The Balaban J connectivity index is 1.31. The first-order valence-electron chi connectivity index (χ1n) is 11.6. The number of benzene rings is 2. The van der Waals surface area contributed by atoms with Gasteiger partial charge in [-0.05, 0) is 31.3 Å². The van der Waals surface area contributed by atoms with Crippen LogP contribution in [0.5, 0.6) is 5.75 Å². The Morgan fingerprint density at radius 1 is 0.906 bits per heavy atom. The van der Waals surface area contributed by atoms with Crippen LogP contribution in [0.3, 0.4) is 0 Å². The molecule has 0 spiro atoms. The normalized spacial score (nSPS) is 21.6. The van der Waals surface area contributed by atoms with Crippen molar-refractivity contribution in [3.8, 4) is 5.75 Å². The molecule has 2 aromatic rings. The highest BCUT2D eigenvalue weighted by molar-refractivity contribution is 6.00. The lowest BCUT2D eigenvalue weighted by Gasteiger charge is -2.37. The molecule has 5 rings (SSSR count). The van der Waals surface area contributed by atoms with E-state index in [1.165, 1.54) is 11.3 Å². The number of fused-ring (bicyclic) bond motifs is 1. The molecule has 0 aromatic heterocycles. The van der Waals surface area contributed by atoms with Crippen LogP contribution in [0.2, 0.25) is 0 Å². The Hall–Kier alpha value is -2.77. The monoisotopic (exact) mass is 436 g/mol. The third kappa shape index (κ3) is 4.40. The molecule has 1 N–H and O–H groups in total. The Bertz CT molecular complexity index is 952. The molecule has 2 saturated heterocycles. The van der Waals surface area contributed by atoms with Crippen LogP contribution in [0.15, 0.2) is 42.5 Å². The van der Waals surface area contributed by atoms with Gasteiger partial charge in [0.1, 0.15) is 12.4 Å². The summed E-state index contributed by atoms with van der Waals surface area (Å²) >= 11 is 0. The molecule has 2 aromatic carbocycles. The molecule has 170 valence electrons. The lowest BCUT2D eigenvalue weighted by atomic mass is 9.99. The molecule has 3 aliphatic heterocycles. The van der Waals surface area contributed by atoms with Gasteiger partial charge < -0.3 is 29.5 Å². The van der Waals surface area contributed by atoms with Crippen LogP contribution in [0.4, 0.5) is 11.4 Å². The van der Waals surface area contributed by atoms with Crippen molar-refractivity contribution in [3.05, 3.63) is 53.6 Å². The summed E-state index contributed by atoms with van der Waals surface area (Å²) in [5.74, 6) is 0.905. The number of likely N-dealkylation sites (N-methyl/N-ethyl adjacent to an activating group) is 1. The lowest BCUT2D eigenvalue weighted by molar-refractivity contribution is 0.0914. The Labute approximate surface area is 189 Å². The summed E-state index contributed by atoms with van der Waals surface area (Å²) in [5, 5.41) is 3.24. The molecule has 1 amide bonds. The number of anilines is 2. The zero-order chi connectivity index (χ0) is 21.9. The Morgan fingerprint density at radius 3 is 2.44 bits per heavy atom. The van der Waals surface area contributed by atoms with Gasteiger partial charge in [0.2, 0.25) is 0 Å². The van der Waals surface area contributed by atoms with Crippen molar-refractivity contribution in [3.63, 3.8) is 0 Å². The van der Waals surface area contributed by atoms with Crippen LogP contribution in [0.25, 0.3) is 0 Å². The molecule has 0 saturated carbocycles. The van der Waals surface area contributed by atoms with E-state index >= 15 is 0 Å².